The van der Waals surface area contributed by atoms with Crippen molar-refractivity contribution in [2.75, 3.05) is 25.2 Å². The molecule has 1 unspecified atom stereocenters. The molecule has 0 bridgehead atoms. The number of nitrogens with zero attached hydrogens (tertiary/aromatic N) is 1. The SMILES string of the molecule is CCOc1ccc(N2C(=O)C(=O)/C(=C(/O)c3ccc(OC)cc3C)C2c2ccc(O)cc2)cc1OCC. The molecule has 0 aromatic heterocycles. The van der Waals surface area contributed by atoms with Crippen LogP contribution in [0.1, 0.15) is 36.6 Å². The topological polar surface area (TPSA) is 106 Å². The maximum atomic E-state index is 13.5. The molecule has 1 saturated heterocycles. The summed E-state index contributed by atoms with van der Waals surface area (Å²) in [7, 11) is 1.54. The van der Waals surface area contributed by atoms with Crippen LogP contribution in [-0.2, 0) is 9.59 Å². The second kappa shape index (κ2) is 10.7. The van der Waals surface area contributed by atoms with Crippen LogP contribution >= 0.6 is 0 Å². The number of ether oxygens (including phenoxy) is 3. The van der Waals surface area contributed by atoms with Gasteiger partial charge in [0.15, 0.2) is 11.5 Å². The number of aromatic hydroxyl groups is 1. The zero-order chi connectivity index (χ0) is 26.7. The Bertz CT molecular complexity index is 1360. The van der Waals surface area contributed by atoms with E-state index in [1.807, 2.05) is 13.8 Å². The van der Waals surface area contributed by atoms with Gasteiger partial charge in [-0.2, -0.15) is 0 Å². The van der Waals surface area contributed by atoms with Gasteiger partial charge in [-0.1, -0.05) is 12.1 Å². The van der Waals surface area contributed by atoms with Gasteiger partial charge in [-0.25, -0.2) is 0 Å². The Morgan fingerprint density at radius 1 is 0.919 bits per heavy atom. The molecule has 0 spiro atoms. The Labute approximate surface area is 215 Å². The average molecular weight is 504 g/mol. The van der Waals surface area contributed by atoms with Crippen molar-refractivity contribution in [1.82, 2.24) is 0 Å². The van der Waals surface area contributed by atoms with E-state index < -0.39 is 17.7 Å². The summed E-state index contributed by atoms with van der Waals surface area (Å²) >= 11 is 0. The van der Waals surface area contributed by atoms with Crippen LogP contribution in [0.4, 0.5) is 5.69 Å². The first-order valence-electron chi connectivity index (χ1n) is 11.9. The first kappa shape index (κ1) is 25.6. The predicted octanol–water partition coefficient (Wildman–Crippen LogP) is 5.13. The van der Waals surface area contributed by atoms with Crippen molar-refractivity contribution in [2.24, 2.45) is 0 Å². The second-order valence-corrected chi connectivity index (χ2v) is 8.44. The standard InChI is InChI=1S/C29H29NO7/c1-5-36-23-14-9-19(16-24(23)37-6-2)30-26(18-7-10-20(31)11-8-18)25(28(33)29(30)34)27(32)22-13-12-21(35-4)15-17(22)3/h7-16,26,31-32H,5-6H2,1-4H3/b27-25+. The highest BCUT2D eigenvalue weighted by Gasteiger charge is 2.47. The highest BCUT2D eigenvalue weighted by molar-refractivity contribution is 6.51. The maximum absolute atomic E-state index is 13.5. The number of benzene rings is 3. The molecule has 8 nitrogen and oxygen atoms in total. The molecule has 192 valence electrons. The van der Waals surface area contributed by atoms with Gasteiger partial charge >= 0.3 is 0 Å². The Hall–Kier alpha value is -4.46. The molecule has 37 heavy (non-hydrogen) atoms. The van der Waals surface area contributed by atoms with Crippen LogP contribution < -0.4 is 19.1 Å². The first-order valence-corrected chi connectivity index (χ1v) is 11.9. The van der Waals surface area contributed by atoms with Crippen LogP contribution in [0.2, 0.25) is 0 Å². The van der Waals surface area contributed by atoms with Crippen molar-refractivity contribution in [1.29, 1.82) is 0 Å². The molecule has 3 aromatic rings. The Morgan fingerprint density at radius 3 is 2.22 bits per heavy atom. The number of Topliss-reactive ketones (excluding diaryl/α,β-unsaturated/α-hetero) is 1. The Balaban J connectivity index is 1.93. The summed E-state index contributed by atoms with van der Waals surface area (Å²) in [4.78, 5) is 28.2. The minimum atomic E-state index is -0.950. The summed E-state index contributed by atoms with van der Waals surface area (Å²) in [5, 5.41) is 21.3. The van der Waals surface area contributed by atoms with Crippen molar-refractivity contribution < 1.29 is 34.0 Å². The Kier molecular flexibility index (Phi) is 7.38. The van der Waals surface area contributed by atoms with Gasteiger partial charge in [-0.15, -0.1) is 0 Å². The highest BCUT2D eigenvalue weighted by Crippen LogP contribution is 2.44. The number of methoxy groups -OCH3 is 1. The first-order chi connectivity index (χ1) is 17.8. The number of hydrogen-bond donors (Lipinski definition) is 2. The van der Waals surface area contributed by atoms with E-state index in [0.29, 0.717) is 52.8 Å². The van der Waals surface area contributed by atoms with E-state index in [4.69, 9.17) is 14.2 Å². The van der Waals surface area contributed by atoms with Crippen molar-refractivity contribution in [3.8, 4) is 23.0 Å². The molecule has 1 amide bonds. The number of rotatable bonds is 8. The van der Waals surface area contributed by atoms with Gasteiger partial charge in [0.1, 0.15) is 17.3 Å². The number of carbonyl (C=O) groups is 2. The monoisotopic (exact) mass is 503 g/mol. The molecule has 8 heteroatoms. The van der Waals surface area contributed by atoms with Crippen LogP contribution in [0, 0.1) is 6.92 Å². The fraction of sp³-hybridized carbons (Fsp3) is 0.241. The van der Waals surface area contributed by atoms with Crippen molar-refractivity contribution in [3.05, 3.63) is 82.9 Å². The Morgan fingerprint density at radius 2 is 1.59 bits per heavy atom. The number of aryl methyl sites for hydroxylation is 1. The number of amides is 1. The quantitative estimate of drug-likeness (QED) is 0.249. The molecule has 1 atom stereocenters. The van der Waals surface area contributed by atoms with E-state index in [1.54, 1.807) is 55.5 Å². The fourth-order valence-electron chi connectivity index (χ4n) is 4.43. The average Bonchev–Trinajstić information content (AvgIpc) is 3.15. The minimum absolute atomic E-state index is 0.0337. The highest BCUT2D eigenvalue weighted by atomic mass is 16.5. The van der Waals surface area contributed by atoms with E-state index in [1.165, 1.54) is 24.1 Å². The van der Waals surface area contributed by atoms with Gasteiger partial charge < -0.3 is 24.4 Å². The number of aliphatic hydroxyl groups is 1. The maximum Gasteiger partial charge on any atom is 0.300 e. The number of ketones is 1. The molecule has 0 radical (unpaired) electrons. The van der Waals surface area contributed by atoms with E-state index in [0.717, 1.165) is 0 Å². The smallest absolute Gasteiger partial charge is 0.300 e. The number of phenols is 1. The van der Waals surface area contributed by atoms with Gasteiger partial charge in [-0.3, -0.25) is 14.5 Å². The number of hydrogen-bond acceptors (Lipinski definition) is 7. The summed E-state index contributed by atoms with van der Waals surface area (Å²) < 4.78 is 16.6. The number of carbonyl (C=O) groups excluding carboxylic acids is 2. The van der Waals surface area contributed by atoms with Crippen LogP contribution in [0.5, 0.6) is 23.0 Å². The lowest BCUT2D eigenvalue weighted by Crippen LogP contribution is -2.29. The fourth-order valence-corrected chi connectivity index (χ4v) is 4.43. The molecule has 3 aromatic carbocycles. The third-order valence-electron chi connectivity index (χ3n) is 6.15. The molecule has 1 aliphatic heterocycles. The van der Waals surface area contributed by atoms with E-state index >= 15 is 0 Å². The third-order valence-corrected chi connectivity index (χ3v) is 6.15. The normalized spacial score (nSPS) is 16.6. The van der Waals surface area contributed by atoms with Gasteiger partial charge in [0.25, 0.3) is 11.7 Å². The molecule has 1 fully saturated rings. The number of phenolic OH excluding ortho intramolecular Hbond substituents is 1. The zero-order valence-corrected chi connectivity index (χ0v) is 21.1. The van der Waals surface area contributed by atoms with Gasteiger partial charge in [0.2, 0.25) is 0 Å². The largest absolute Gasteiger partial charge is 0.508 e. The van der Waals surface area contributed by atoms with Gasteiger partial charge in [0.05, 0.1) is 31.9 Å². The van der Waals surface area contributed by atoms with E-state index in [9.17, 15) is 19.8 Å². The number of aliphatic hydroxyl groups excluding tert-OH is 1. The van der Waals surface area contributed by atoms with Crippen molar-refractivity contribution in [2.45, 2.75) is 26.8 Å². The lowest BCUT2D eigenvalue weighted by Gasteiger charge is -2.26. The summed E-state index contributed by atoms with van der Waals surface area (Å²) in [6.45, 7) is 6.28. The zero-order valence-electron chi connectivity index (χ0n) is 21.1. The van der Waals surface area contributed by atoms with Crippen LogP contribution in [0.3, 0.4) is 0 Å². The summed E-state index contributed by atoms with van der Waals surface area (Å²) in [6.07, 6.45) is 0. The van der Waals surface area contributed by atoms with Crippen molar-refractivity contribution >= 4 is 23.1 Å². The molecule has 0 aliphatic carbocycles. The molecular weight excluding hydrogens is 474 g/mol. The van der Waals surface area contributed by atoms with Crippen LogP contribution in [0.15, 0.2) is 66.2 Å². The second-order valence-electron chi connectivity index (χ2n) is 8.44. The molecule has 4 rings (SSSR count). The molecule has 1 aliphatic rings. The molecule has 1 heterocycles. The minimum Gasteiger partial charge on any atom is -0.508 e. The van der Waals surface area contributed by atoms with E-state index in [-0.39, 0.29) is 17.1 Å². The van der Waals surface area contributed by atoms with Gasteiger partial charge in [0, 0.05) is 17.3 Å². The third kappa shape index (κ3) is 4.82. The summed E-state index contributed by atoms with van der Waals surface area (Å²) in [5.41, 5.74) is 1.96. The summed E-state index contributed by atoms with van der Waals surface area (Å²) in [5.74, 6) is -0.335. The molecule has 0 saturated carbocycles. The lowest BCUT2D eigenvalue weighted by atomic mass is 9.93. The van der Waals surface area contributed by atoms with Crippen LogP contribution in [-0.4, -0.2) is 42.2 Å². The van der Waals surface area contributed by atoms with Crippen molar-refractivity contribution in [3.63, 3.8) is 0 Å². The van der Waals surface area contributed by atoms with E-state index in [2.05, 4.69) is 0 Å². The summed E-state index contributed by atoms with van der Waals surface area (Å²) in [6, 6.07) is 15.3. The molecule has 2 N–H and O–H groups in total. The van der Waals surface area contributed by atoms with Crippen LogP contribution in [0.25, 0.3) is 5.76 Å². The lowest BCUT2D eigenvalue weighted by molar-refractivity contribution is -0.132. The predicted molar refractivity (Wildman–Crippen MR) is 139 cm³/mol. The van der Waals surface area contributed by atoms with Gasteiger partial charge in [-0.05, 0) is 74.4 Å². The molecular formula is C29H29NO7. The number of anilines is 1.